The van der Waals surface area contributed by atoms with Crippen molar-refractivity contribution in [2.75, 3.05) is 20.2 Å². The van der Waals surface area contributed by atoms with E-state index >= 15 is 0 Å². The zero-order valence-electron chi connectivity index (χ0n) is 18.3. The van der Waals surface area contributed by atoms with Crippen molar-refractivity contribution < 1.29 is 27.1 Å². The van der Waals surface area contributed by atoms with Gasteiger partial charge in [0.25, 0.3) is 5.89 Å². The Bertz CT molecular complexity index is 1200. The average molecular weight is 472 g/mol. The van der Waals surface area contributed by atoms with Crippen LogP contribution in [0, 0.1) is 0 Å². The first-order chi connectivity index (χ1) is 16.0. The Balaban J connectivity index is 1.51. The van der Waals surface area contributed by atoms with Gasteiger partial charge in [-0.05, 0) is 43.2 Å². The van der Waals surface area contributed by atoms with Crippen LogP contribution < -0.4 is 4.74 Å². The fraction of sp³-hybridized carbons (Fsp3) is 0.348. The second kappa shape index (κ2) is 10.1. The Kier molecular flexibility index (Phi) is 7.05. The lowest BCUT2D eigenvalue weighted by molar-refractivity contribution is 0.0434. The number of methoxy groups -OCH3 is 1. The monoisotopic (exact) mass is 471 g/mol. The maximum atomic E-state index is 13.1. The molecule has 174 valence electrons. The summed E-state index contributed by atoms with van der Waals surface area (Å²) in [5.74, 6) is -0.108. The summed E-state index contributed by atoms with van der Waals surface area (Å²) in [7, 11) is -2.33. The Morgan fingerprint density at radius 3 is 2.45 bits per heavy atom. The summed E-state index contributed by atoms with van der Waals surface area (Å²) in [6.45, 7) is 0.676. The minimum absolute atomic E-state index is 0.0104. The molecule has 0 aliphatic carbocycles. The van der Waals surface area contributed by atoms with Gasteiger partial charge < -0.3 is 13.9 Å². The van der Waals surface area contributed by atoms with Crippen molar-refractivity contribution in [2.24, 2.45) is 0 Å². The molecule has 0 unspecified atom stereocenters. The van der Waals surface area contributed by atoms with E-state index in [2.05, 4.69) is 10.2 Å². The molecule has 2 aromatic carbocycles. The van der Waals surface area contributed by atoms with E-state index in [1.54, 1.807) is 0 Å². The number of carbonyl (C=O) groups is 1. The van der Waals surface area contributed by atoms with Gasteiger partial charge in [0.05, 0.1) is 12.0 Å². The molecule has 1 aliphatic heterocycles. The molecule has 2 heterocycles. The van der Waals surface area contributed by atoms with Crippen LogP contribution in [0.25, 0.3) is 11.5 Å². The van der Waals surface area contributed by atoms with Crippen molar-refractivity contribution in [3.63, 3.8) is 0 Å². The lowest BCUT2D eigenvalue weighted by Crippen LogP contribution is -2.32. The standard InChI is InChI=1S/C23H25N3O6S/c1-30-20-12-11-18(33(28,29)26-13-7-2-3-8-14-26)15-19(20)23(27)31-16-21-24-25-22(32-21)17-9-5-4-6-10-17/h4-6,9-12,15H,2-3,7-8,13-14,16H2,1H3. The minimum Gasteiger partial charge on any atom is -0.496 e. The highest BCUT2D eigenvalue weighted by atomic mass is 32.2. The molecule has 33 heavy (non-hydrogen) atoms. The molecule has 1 aromatic heterocycles. The molecule has 0 radical (unpaired) electrons. The number of rotatable bonds is 7. The number of nitrogens with zero attached hydrogens (tertiary/aromatic N) is 3. The van der Waals surface area contributed by atoms with Crippen LogP contribution >= 0.6 is 0 Å². The molecule has 10 heteroatoms. The van der Waals surface area contributed by atoms with Crippen LogP contribution in [0.3, 0.4) is 0 Å². The zero-order chi connectivity index (χ0) is 23.3. The third-order valence-electron chi connectivity index (χ3n) is 5.41. The average Bonchev–Trinajstić information content (AvgIpc) is 3.14. The van der Waals surface area contributed by atoms with Gasteiger partial charge in [-0.2, -0.15) is 4.31 Å². The van der Waals surface area contributed by atoms with Crippen LogP contribution in [-0.4, -0.2) is 49.1 Å². The summed E-state index contributed by atoms with van der Waals surface area (Å²) in [5, 5.41) is 7.86. The van der Waals surface area contributed by atoms with Gasteiger partial charge in [-0.15, -0.1) is 10.2 Å². The Morgan fingerprint density at radius 1 is 1.03 bits per heavy atom. The number of hydrogen-bond acceptors (Lipinski definition) is 8. The maximum absolute atomic E-state index is 13.1. The third kappa shape index (κ3) is 5.23. The fourth-order valence-corrected chi connectivity index (χ4v) is 5.20. The first-order valence-electron chi connectivity index (χ1n) is 10.7. The van der Waals surface area contributed by atoms with E-state index in [1.807, 2.05) is 30.3 Å². The molecule has 1 saturated heterocycles. The first kappa shape index (κ1) is 22.9. The maximum Gasteiger partial charge on any atom is 0.342 e. The van der Waals surface area contributed by atoms with Gasteiger partial charge >= 0.3 is 5.97 Å². The van der Waals surface area contributed by atoms with Crippen molar-refractivity contribution >= 4 is 16.0 Å². The first-order valence-corrected chi connectivity index (χ1v) is 12.2. The van der Waals surface area contributed by atoms with Crippen molar-refractivity contribution in [1.82, 2.24) is 14.5 Å². The van der Waals surface area contributed by atoms with Crippen LogP contribution in [-0.2, 0) is 21.4 Å². The van der Waals surface area contributed by atoms with E-state index in [4.69, 9.17) is 13.9 Å². The second-order valence-corrected chi connectivity index (χ2v) is 9.56. The molecule has 1 aliphatic rings. The Labute approximate surface area is 192 Å². The number of hydrogen-bond donors (Lipinski definition) is 0. The molecule has 0 bridgehead atoms. The molecule has 9 nitrogen and oxygen atoms in total. The summed E-state index contributed by atoms with van der Waals surface area (Å²) in [5.41, 5.74) is 0.756. The third-order valence-corrected chi connectivity index (χ3v) is 7.30. The summed E-state index contributed by atoms with van der Waals surface area (Å²) < 4.78 is 43.9. The summed E-state index contributed by atoms with van der Waals surface area (Å²) >= 11 is 0. The van der Waals surface area contributed by atoms with E-state index in [0.29, 0.717) is 19.0 Å². The van der Waals surface area contributed by atoms with E-state index < -0.39 is 16.0 Å². The van der Waals surface area contributed by atoms with Crippen LogP contribution in [0.4, 0.5) is 0 Å². The Hall–Kier alpha value is -3.24. The van der Waals surface area contributed by atoms with E-state index in [0.717, 1.165) is 31.2 Å². The smallest absolute Gasteiger partial charge is 0.342 e. The van der Waals surface area contributed by atoms with Crippen LogP contribution in [0.2, 0.25) is 0 Å². The zero-order valence-corrected chi connectivity index (χ0v) is 19.1. The summed E-state index contributed by atoms with van der Waals surface area (Å²) in [6, 6.07) is 13.4. The summed E-state index contributed by atoms with van der Waals surface area (Å²) in [6.07, 6.45) is 3.65. The summed E-state index contributed by atoms with van der Waals surface area (Å²) in [4.78, 5) is 12.8. The molecule has 0 amide bonds. The van der Waals surface area contributed by atoms with Crippen LogP contribution in [0.15, 0.2) is 57.8 Å². The SMILES string of the molecule is COc1ccc(S(=O)(=O)N2CCCCCC2)cc1C(=O)OCc1nnc(-c2ccccc2)o1. The largest absolute Gasteiger partial charge is 0.496 e. The molecule has 4 rings (SSSR count). The molecule has 0 N–H and O–H groups in total. The van der Waals surface area contributed by atoms with E-state index in [-0.39, 0.29) is 28.7 Å². The van der Waals surface area contributed by atoms with Crippen molar-refractivity contribution in [1.29, 1.82) is 0 Å². The van der Waals surface area contributed by atoms with Crippen molar-refractivity contribution in [3.05, 3.63) is 60.0 Å². The predicted octanol–water partition coefficient (Wildman–Crippen LogP) is 3.67. The number of carbonyl (C=O) groups excluding carboxylic acids is 1. The normalized spacial score (nSPS) is 15.1. The van der Waals surface area contributed by atoms with Crippen molar-refractivity contribution in [2.45, 2.75) is 37.2 Å². The molecule has 3 aromatic rings. The topological polar surface area (TPSA) is 112 Å². The number of ether oxygens (including phenoxy) is 2. The fourth-order valence-electron chi connectivity index (χ4n) is 3.65. The van der Waals surface area contributed by atoms with Crippen molar-refractivity contribution in [3.8, 4) is 17.2 Å². The lowest BCUT2D eigenvalue weighted by Gasteiger charge is -2.20. The quantitative estimate of drug-likeness (QED) is 0.480. The van der Waals surface area contributed by atoms with E-state index in [9.17, 15) is 13.2 Å². The number of benzene rings is 2. The number of aromatic nitrogens is 2. The van der Waals surface area contributed by atoms with Gasteiger partial charge in [-0.1, -0.05) is 31.0 Å². The van der Waals surface area contributed by atoms with Crippen LogP contribution in [0.5, 0.6) is 5.75 Å². The molecule has 1 fully saturated rings. The van der Waals surface area contributed by atoms with Gasteiger partial charge in [0.15, 0.2) is 6.61 Å². The van der Waals surface area contributed by atoms with Gasteiger partial charge in [0, 0.05) is 18.7 Å². The highest BCUT2D eigenvalue weighted by Gasteiger charge is 2.27. The molecule has 0 saturated carbocycles. The number of sulfonamides is 1. The molecule has 0 atom stereocenters. The van der Waals surface area contributed by atoms with E-state index in [1.165, 1.54) is 29.6 Å². The molecule has 0 spiro atoms. The highest BCUT2D eigenvalue weighted by Crippen LogP contribution is 2.27. The van der Waals surface area contributed by atoms with Crippen LogP contribution in [0.1, 0.15) is 41.9 Å². The molecular formula is C23H25N3O6S. The lowest BCUT2D eigenvalue weighted by atomic mass is 10.2. The van der Waals surface area contributed by atoms with Gasteiger partial charge in [-0.25, -0.2) is 13.2 Å². The minimum atomic E-state index is -3.73. The molecular weight excluding hydrogens is 446 g/mol. The highest BCUT2D eigenvalue weighted by molar-refractivity contribution is 7.89. The van der Waals surface area contributed by atoms with Gasteiger partial charge in [-0.3, -0.25) is 0 Å². The predicted molar refractivity (Wildman–Crippen MR) is 119 cm³/mol. The number of esters is 1. The van der Waals surface area contributed by atoms with Gasteiger partial charge in [0.1, 0.15) is 11.3 Å². The second-order valence-electron chi connectivity index (χ2n) is 7.62. The van der Waals surface area contributed by atoms with Gasteiger partial charge in [0.2, 0.25) is 15.9 Å². The Morgan fingerprint density at radius 2 is 1.76 bits per heavy atom.